The van der Waals surface area contributed by atoms with Crippen molar-refractivity contribution in [3.05, 3.63) is 83.6 Å². The van der Waals surface area contributed by atoms with Crippen LogP contribution in [0.25, 0.3) is 16.8 Å². The van der Waals surface area contributed by atoms with Gasteiger partial charge in [0, 0.05) is 27.5 Å². The van der Waals surface area contributed by atoms with E-state index in [0.29, 0.717) is 34.3 Å². The molecule has 0 spiro atoms. The Kier molecular flexibility index (Phi) is 8.24. The van der Waals surface area contributed by atoms with Crippen LogP contribution in [0.5, 0.6) is 0 Å². The second kappa shape index (κ2) is 11.4. The van der Waals surface area contributed by atoms with E-state index in [2.05, 4.69) is 15.7 Å². The van der Waals surface area contributed by atoms with E-state index in [1.54, 1.807) is 42.5 Å². The molecule has 1 heterocycles. The first kappa shape index (κ1) is 29.8. The largest absolute Gasteiger partial charge is 0.400 e. The normalized spacial score (nSPS) is 12.6. The maximum atomic E-state index is 12.9. The number of rotatable bonds is 8. The Morgan fingerprint density at radius 3 is 2.34 bits per heavy atom. The Bertz CT molecular complexity index is 1760. The van der Waals surface area contributed by atoms with Crippen LogP contribution < -0.4 is 15.8 Å². The number of carbonyl (C=O) groups is 2. The van der Waals surface area contributed by atoms with Crippen molar-refractivity contribution in [2.45, 2.75) is 24.9 Å². The fourth-order valence-corrected chi connectivity index (χ4v) is 5.00. The van der Waals surface area contributed by atoms with Crippen molar-refractivity contribution >= 4 is 50.4 Å². The van der Waals surface area contributed by atoms with Gasteiger partial charge in [0.2, 0.25) is 15.9 Å². The summed E-state index contributed by atoms with van der Waals surface area (Å²) in [7, 11) is -4.35. The van der Waals surface area contributed by atoms with Crippen LogP contribution in [-0.4, -0.2) is 36.1 Å². The molecule has 0 saturated heterocycles. The van der Waals surface area contributed by atoms with E-state index < -0.39 is 28.0 Å². The quantitative estimate of drug-likeness (QED) is 0.213. The Hall–Kier alpha value is -4.20. The van der Waals surface area contributed by atoms with Gasteiger partial charge < -0.3 is 10.6 Å². The van der Waals surface area contributed by atoms with E-state index in [-0.39, 0.29) is 27.7 Å². The summed E-state index contributed by atoms with van der Waals surface area (Å²) in [6.07, 6.45) is -2.52. The third kappa shape index (κ3) is 6.59. The van der Waals surface area contributed by atoms with Crippen molar-refractivity contribution in [1.82, 2.24) is 9.78 Å². The molecule has 0 radical (unpaired) electrons. The number of aromatic nitrogens is 2. The lowest BCUT2D eigenvalue weighted by Gasteiger charge is -2.17. The van der Waals surface area contributed by atoms with E-state index in [1.807, 2.05) is 0 Å². The molecule has 214 valence electrons. The summed E-state index contributed by atoms with van der Waals surface area (Å²) in [5.41, 5.74) is 2.05. The van der Waals surface area contributed by atoms with Crippen LogP contribution in [0.3, 0.4) is 0 Å². The highest BCUT2D eigenvalue weighted by Gasteiger charge is 2.41. The molecule has 4 rings (SSSR count). The summed E-state index contributed by atoms with van der Waals surface area (Å²) in [5, 5.41) is 15.0. The number of sulfonamides is 1. The molecule has 4 N–H and O–H groups in total. The van der Waals surface area contributed by atoms with E-state index in [9.17, 15) is 31.2 Å². The average Bonchev–Trinajstić information content (AvgIpc) is 3.35. The summed E-state index contributed by atoms with van der Waals surface area (Å²) < 4.78 is 64.6. The van der Waals surface area contributed by atoms with Gasteiger partial charge in [0.25, 0.3) is 0 Å². The van der Waals surface area contributed by atoms with E-state index in [4.69, 9.17) is 16.7 Å². The van der Waals surface area contributed by atoms with Crippen LogP contribution in [0.15, 0.2) is 78.0 Å². The first-order valence-electron chi connectivity index (χ1n) is 11.9. The lowest BCUT2D eigenvalue weighted by Crippen LogP contribution is -2.32. The van der Waals surface area contributed by atoms with Gasteiger partial charge in [-0.3, -0.25) is 9.59 Å². The third-order valence-corrected chi connectivity index (χ3v) is 7.38. The highest BCUT2D eigenvalue weighted by molar-refractivity contribution is 7.89. The summed E-state index contributed by atoms with van der Waals surface area (Å²) in [4.78, 5) is 24.3. The number of hydrogen-bond acceptors (Lipinski definition) is 6. The molecule has 41 heavy (non-hydrogen) atoms. The van der Waals surface area contributed by atoms with Gasteiger partial charge in [0.05, 0.1) is 23.8 Å². The highest BCUT2D eigenvalue weighted by atomic mass is 35.5. The van der Waals surface area contributed by atoms with E-state index >= 15 is 0 Å². The van der Waals surface area contributed by atoms with Crippen LogP contribution in [0.4, 0.5) is 30.2 Å². The number of halogens is 4. The maximum absolute atomic E-state index is 12.9. The van der Waals surface area contributed by atoms with Crippen LogP contribution in [0.1, 0.15) is 24.2 Å². The number of anilines is 3. The lowest BCUT2D eigenvalue weighted by molar-refractivity contribution is -0.175. The Morgan fingerprint density at radius 2 is 1.71 bits per heavy atom. The van der Waals surface area contributed by atoms with Gasteiger partial charge in [-0.2, -0.15) is 18.3 Å². The molecule has 0 aliphatic rings. The number of nitrogens with zero attached hydrogens (tertiary/aromatic N) is 2. The van der Waals surface area contributed by atoms with E-state index in [1.165, 1.54) is 25.1 Å². The zero-order valence-corrected chi connectivity index (χ0v) is 23.1. The van der Waals surface area contributed by atoms with Crippen molar-refractivity contribution < 1.29 is 31.2 Å². The van der Waals surface area contributed by atoms with Crippen molar-refractivity contribution in [3.63, 3.8) is 0 Å². The van der Waals surface area contributed by atoms with Crippen molar-refractivity contribution in [2.75, 3.05) is 10.6 Å². The second-order valence-corrected chi connectivity index (χ2v) is 11.0. The SMILES string of the molecule is CC(=O)c1c(Nc2ccc(-n3cc(NC(=O)C(C)C(F)(F)F)cn3)c(S(N)(=O)=O)c2)cccc1-c1ccccc1Cl. The predicted molar refractivity (Wildman–Crippen MR) is 149 cm³/mol. The molecular weight excluding hydrogens is 583 g/mol. The molecule has 14 heteroatoms. The van der Waals surface area contributed by atoms with Crippen LogP contribution in [0.2, 0.25) is 5.02 Å². The van der Waals surface area contributed by atoms with Gasteiger partial charge in [0.15, 0.2) is 5.78 Å². The fourth-order valence-electron chi connectivity index (χ4n) is 4.02. The highest BCUT2D eigenvalue weighted by Crippen LogP contribution is 2.36. The summed E-state index contributed by atoms with van der Waals surface area (Å²) in [6.45, 7) is 2.11. The second-order valence-electron chi connectivity index (χ2n) is 9.04. The van der Waals surface area contributed by atoms with Gasteiger partial charge in [-0.1, -0.05) is 41.9 Å². The molecule has 1 unspecified atom stereocenters. The van der Waals surface area contributed by atoms with Crippen molar-refractivity contribution in [3.8, 4) is 16.8 Å². The number of primary sulfonamides is 1. The standard InChI is InChI=1S/C27H23ClF3N5O4S/c1-15(27(29,30)31)26(38)35-18-13-33-36(14-18)23-11-10-17(12-24(23)41(32,39)40)34-22-9-5-7-20(25(22)16(2)37)19-6-3-4-8-21(19)28/h3-15,34H,1-2H3,(H,35,38)(H2,32,39,40). The molecule has 1 aromatic heterocycles. The number of benzene rings is 3. The summed E-state index contributed by atoms with van der Waals surface area (Å²) >= 11 is 6.37. The molecule has 3 aromatic carbocycles. The van der Waals surface area contributed by atoms with Gasteiger partial charge in [-0.25, -0.2) is 18.2 Å². The molecule has 0 fully saturated rings. The van der Waals surface area contributed by atoms with Gasteiger partial charge >= 0.3 is 6.18 Å². The summed E-state index contributed by atoms with van der Waals surface area (Å²) in [6, 6.07) is 16.2. The Labute approximate surface area is 238 Å². The van der Waals surface area contributed by atoms with E-state index in [0.717, 1.165) is 17.1 Å². The topological polar surface area (TPSA) is 136 Å². The Balaban J connectivity index is 1.70. The molecule has 4 aromatic rings. The minimum atomic E-state index is -4.74. The first-order chi connectivity index (χ1) is 19.2. The summed E-state index contributed by atoms with van der Waals surface area (Å²) in [5.74, 6) is -3.84. The zero-order valence-electron chi connectivity index (χ0n) is 21.5. The molecule has 0 aliphatic carbocycles. The number of nitrogens with one attached hydrogen (secondary N) is 2. The third-order valence-electron chi connectivity index (χ3n) is 6.11. The van der Waals surface area contributed by atoms with Crippen LogP contribution in [-0.2, 0) is 14.8 Å². The molecule has 1 amide bonds. The number of amides is 1. The average molecular weight is 606 g/mol. The Morgan fingerprint density at radius 1 is 1.02 bits per heavy atom. The fraction of sp³-hybridized carbons (Fsp3) is 0.148. The molecule has 0 saturated carbocycles. The van der Waals surface area contributed by atoms with Crippen LogP contribution in [0, 0.1) is 5.92 Å². The van der Waals surface area contributed by atoms with Crippen molar-refractivity contribution in [2.24, 2.45) is 11.1 Å². The number of carbonyl (C=O) groups excluding carboxylic acids is 2. The molecule has 1 atom stereocenters. The molecular formula is C27H23ClF3N5O4S. The van der Waals surface area contributed by atoms with Gasteiger partial charge in [-0.15, -0.1) is 0 Å². The van der Waals surface area contributed by atoms with Gasteiger partial charge in [0.1, 0.15) is 10.8 Å². The minimum absolute atomic E-state index is 0.0287. The first-order valence-corrected chi connectivity index (χ1v) is 13.8. The number of hydrogen-bond donors (Lipinski definition) is 3. The predicted octanol–water partition coefficient (Wildman–Crippen LogP) is 5.92. The zero-order chi connectivity index (χ0) is 30.1. The smallest absolute Gasteiger partial charge is 0.355 e. The number of nitrogens with two attached hydrogens (primary N) is 1. The van der Waals surface area contributed by atoms with Gasteiger partial charge in [-0.05, 0) is 49.7 Å². The van der Waals surface area contributed by atoms with Crippen LogP contribution >= 0.6 is 11.6 Å². The van der Waals surface area contributed by atoms with Crippen molar-refractivity contribution in [1.29, 1.82) is 0 Å². The number of Topliss-reactive ketones (excluding diaryl/α,β-unsaturated/α-hetero) is 1. The molecule has 0 aliphatic heterocycles. The molecule has 9 nitrogen and oxygen atoms in total. The maximum Gasteiger partial charge on any atom is 0.400 e. The lowest BCUT2D eigenvalue weighted by atomic mass is 9.95. The minimum Gasteiger partial charge on any atom is -0.355 e. The monoisotopic (exact) mass is 605 g/mol. The molecule has 0 bridgehead atoms. The number of ketones is 1. The number of alkyl halides is 3.